The predicted molar refractivity (Wildman–Crippen MR) is 88.3 cm³/mol. The highest BCUT2D eigenvalue weighted by atomic mass is 16.4. The third-order valence-electron chi connectivity index (χ3n) is 3.97. The summed E-state index contributed by atoms with van der Waals surface area (Å²) < 4.78 is 5.41. The molecule has 0 radical (unpaired) electrons. The maximum atomic E-state index is 12.4. The number of hydrogen-bond acceptors (Lipinski definition) is 5. The number of H-pyrrole nitrogens is 1. The summed E-state index contributed by atoms with van der Waals surface area (Å²) in [5, 5.41) is 11.9. The summed E-state index contributed by atoms with van der Waals surface area (Å²) in [4.78, 5) is 15.8. The molecule has 0 saturated carbocycles. The lowest BCUT2D eigenvalue weighted by Gasteiger charge is -2.12. The van der Waals surface area contributed by atoms with Gasteiger partial charge in [-0.1, -0.05) is 12.1 Å². The van der Waals surface area contributed by atoms with Crippen LogP contribution in [0.3, 0.4) is 0 Å². The molecule has 0 unspecified atom stereocenters. The number of rotatable bonds is 4. The van der Waals surface area contributed by atoms with Crippen LogP contribution >= 0.6 is 0 Å². The fourth-order valence-electron chi connectivity index (χ4n) is 2.65. The van der Waals surface area contributed by atoms with E-state index in [9.17, 15) is 4.79 Å². The number of nitrogens with one attached hydrogen (secondary N) is 2. The van der Waals surface area contributed by atoms with Crippen LogP contribution in [0.4, 0.5) is 0 Å². The maximum absolute atomic E-state index is 12.4. The van der Waals surface area contributed by atoms with Gasteiger partial charge >= 0.3 is 0 Å². The number of pyridine rings is 1. The van der Waals surface area contributed by atoms with E-state index in [1.165, 1.54) is 0 Å². The lowest BCUT2D eigenvalue weighted by atomic mass is 10.0. The Morgan fingerprint density at radius 1 is 1.22 bits per heavy atom. The predicted octanol–water partition coefficient (Wildman–Crippen LogP) is 2.69. The van der Waals surface area contributed by atoms with E-state index >= 15 is 0 Å². The van der Waals surface area contributed by atoms with E-state index in [0.29, 0.717) is 18.3 Å². The number of nitrogens with zero attached hydrogens (tertiary/aromatic N) is 2. The average Bonchev–Trinajstić information content (AvgIpc) is 2.95. The number of aromatic nitrogens is 3. The Labute approximate surface area is 133 Å². The summed E-state index contributed by atoms with van der Waals surface area (Å²) in [7, 11) is 0. The quantitative estimate of drug-likeness (QED) is 0.774. The second-order valence-electron chi connectivity index (χ2n) is 5.87. The highest BCUT2D eigenvalue weighted by Gasteiger charge is 2.13. The van der Waals surface area contributed by atoms with Gasteiger partial charge in [-0.25, -0.2) is 0 Å². The smallest absolute Gasteiger partial charge is 0.233 e. The van der Waals surface area contributed by atoms with Crippen molar-refractivity contribution >= 4 is 10.9 Å². The molecule has 0 bridgehead atoms. The van der Waals surface area contributed by atoms with Gasteiger partial charge in [0.2, 0.25) is 11.8 Å². The standard InChI is InChI=1S/C17H20N4O2/c1-9-5-6-10(2)16-15(9)14(22)7-13(19-16)8-18-11(3)17-21-20-12(4)23-17/h5-7,11,18H,8H2,1-4H3,(H,19,22)/t11-/m1/s1. The first-order valence-electron chi connectivity index (χ1n) is 7.61. The number of hydrogen-bond donors (Lipinski definition) is 2. The van der Waals surface area contributed by atoms with Crippen LogP contribution in [0, 0.1) is 20.8 Å². The molecule has 0 aliphatic heterocycles. The molecule has 2 N–H and O–H groups in total. The van der Waals surface area contributed by atoms with Crippen molar-refractivity contribution < 1.29 is 4.42 Å². The Morgan fingerprint density at radius 3 is 2.65 bits per heavy atom. The fourth-order valence-corrected chi connectivity index (χ4v) is 2.65. The van der Waals surface area contributed by atoms with Crippen molar-refractivity contribution in [3.05, 3.63) is 57.0 Å². The van der Waals surface area contributed by atoms with Crippen LogP contribution in [0.5, 0.6) is 0 Å². The first-order valence-corrected chi connectivity index (χ1v) is 7.61. The average molecular weight is 312 g/mol. The Hall–Kier alpha value is -2.47. The summed E-state index contributed by atoms with van der Waals surface area (Å²) in [5.41, 5.74) is 3.82. The molecule has 2 aromatic heterocycles. The van der Waals surface area contributed by atoms with Crippen molar-refractivity contribution in [2.75, 3.05) is 0 Å². The first-order chi connectivity index (χ1) is 11.0. The topological polar surface area (TPSA) is 83.8 Å². The minimum absolute atomic E-state index is 0.0398. The lowest BCUT2D eigenvalue weighted by molar-refractivity contribution is 0.400. The minimum Gasteiger partial charge on any atom is -0.424 e. The zero-order valence-electron chi connectivity index (χ0n) is 13.7. The molecule has 2 heterocycles. The molecule has 23 heavy (non-hydrogen) atoms. The molecule has 0 saturated heterocycles. The largest absolute Gasteiger partial charge is 0.424 e. The molecular formula is C17H20N4O2. The van der Waals surface area contributed by atoms with Crippen molar-refractivity contribution in [3.63, 3.8) is 0 Å². The van der Waals surface area contributed by atoms with Gasteiger partial charge in [0, 0.05) is 30.6 Å². The molecule has 0 aliphatic carbocycles. The van der Waals surface area contributed by atoms with Crippen molar-refractivity contribution in [3.8, 4) is 0 Å². The van der Waals surface area contributed by atoms with Crippen LogP contribution in [0.2, 0.25) is 0 Å². The van der Waals surface area contributed by atoms with Crippen molar-refractivity contribution in [1.29, 1.82) is 0 Å². The lowest BCUT2D eigenvalue weighted by Crippen LogP contribution is -2.20. The summed E-state index contributed by atoms with van der Waals surface area (Å²) in [6.45, 7) is 8.17. The van der Waals surface area contributed by atoms with Crippen LogP contribution in [0.1, 0.15) is 41.6 Å². The van der Waals surface area contributed by atoms with E-state index in [0.717, 1.165) is 27.7 Å². The third-order valence-corrected chi connectivity index (χ3v) is 3.97. The molecular weight excluding hydrogens is 292 g/mol. The van der Waals surface area contributed by atoms with E-state index in [1.54, 1.807) is 13.0 Å². The van der Waals surface area contributed by atoms with Crippen molar-refractivity contribution in [2.24, 2.45) is 0 Å². The summed E-state index contributed by atoms with van der Waals surface area (Å²) in [6.07, 6.45) is 0. The second-order valence-corrected chi connectivity index (χ2v) is 5.87. The van der Waals surface area contributed by atoms with Gasteiger partial charge in [-0.15, -0.1) is 10.2 Å². The van der Waals surface area contributed by atoms with E-state index in [2.05, 4.69) is 20.5 Å². The summed E-state index contributed by atoms with van der Waals surface area (Å²) in [6, 6.07) is 5.56. The van der Waals surface area contributed by atoms with Crippen LogP contribution < -0.4 is 10.7 Å². The number of fused-ring (bicyclic) bond motifs is 1. The molecule has 0 amide bonds. The third kappa shape index (κ3) is 3.03. The first kappa shape index (κ1) is 15.4. The molecule has 6 heteroatoms. The fraction of sp³-hybridized carbons (Fsp3) is 0.353. The Morgan fingerprint density at radius 2 is 1.96 bits per heavy atom. The highest BCUT2D eigenvalue weighted by molar-refractivity contribution is 5.84. The van der Waals surface area contributed by atoms with Gasteiger partial charge in [0.15, 0.2) is 5.43 Å². The van der Waals surface area contributed by atoms with Gasteiger partial charge < -0.3 is 14.7 Å². The summed E-state index contributed by atoms with van der Waals surface area (Å²) >= 11 is 0. The van der Waals surface area contributed by atoms with Gasteiger partial charge in [0.05, 0.1) is 11.6 Å². The SMILES string of the molecule is Cc1nnc([C@@H](C)NCc2cc(=O)c3c(C)ccc(C)c3[nH]2)o1. The zero-order chi connectivity index (χ0) is 16.6. The van der Waals surface area contributed by atoms with Gasteiger partial charge in [0.25, 0.3) is 0 Å². The maximum Gasteiger partial charge on any atom is 0.233 e. The number of aryl methyl sites for hydroxylation is 3. The van der Waals surface area contributed by atoms with Gasteiger partial charge in [-0.05, 0) is 31.9 Å². The van der Waals surface area contributed by atoms with E-state index in [-0.39, 0.29) is 11.5 Å². The van der Waals surface area contributed by atoms with Gasteiger partial charge in [0.1, 0.15) is 0 Å². The van der Waals surface area contributed by atoms with Gasteiger partial charge in [-0.3, -0.25) is 4.79 Å². The molecule has 6 nitrogen and oxygen atoms in total. The van der Waals surface area contributed by atoms with E-state index in [1.807, 2.05) is 32.9 Å². The van der Waals surface area contributed by atoms with Crippen LogP contribution in [-0.4, -0.2) is 15.2 Å². The second kappa shape index (κ2) is 5.96. The number of aromatic amines is 1. The Balaban J connectivity index is 1.86. The normalized spacial score (nSPS) is 12.7. The Kier molecular flexibility index (Phi) is 4.00. The zero-order valence-corrected chi connectivity index (χ0v) is 13.7. The summed E-state index contributed by atoms with van der Waals surface area (Å²) in [5.74, 6) is 1.08. The molecule has 0 spiro atoms. The van der Waals surface area contributed by atoms with Crippen molar-refractivity contribution in [2.45, 2.75) is 40.3 Å². The van der Waals surface area contributed by atoms with Gasteiger partial charge in [-0.2, -0.15) is 0 Å². The van der Waals surface area contributed by atoms with Crippen LogP contribution in [0.15, 0.2) is 27.4 Å². The molecule has 0 aliphatic rings. The number of benzene rings is 1. The van der Waals surface area contributed by atoms with E-state index < -0.39 is 0 Å². The highest BCUT2D eigenvalue weighted by Crippen LogP contribution is 2.18. The molecule has 1 atom stereocenters. The van der Waals surface area contributed by atoms with Crippen LogP contribution in [0.25, 0.3) is 10.9 Å². The minimum atomic E-state index is -0.0889. The molecule has 1 aromatic carbocycles. The van der Waals surface area contributed by atoms with E-state index in [4.69, 9.17) is 4.42 Å². The Bertz CT molecular complexity index is 911. The van der Waals surface area contributed by atoms with Crippen LogP contribution in [-0.2, 0) is 6.54 Å². The molecule has 3 aromatic rings. The molecule has 3 rings (SSSR count). The molecule has 120 valence electrons. The monoisotopic (exact) mass is 312 g/mol. The molecule has 0 fully saturated rings. The van der Waals surface area contributed by atoms with Crippen molar-refractivity contribution in [1.82, 2.24) is 20.5 Å².